The standard InChI is InChI=1S/C18H22N2O5/c1-11-3-4-15(25-2)13(9-11)20-16(21)10-14(17(20)22)19-7-5-12(6-8-19)18(23)24/h3-4,9,12,14H,5-8,10H2,1-2H3,(H,23,24)/t14-/m1/s1. The fourth-order valence-corrected chi connectivity index (χ4v) is 3.59. The molecule has 0 aromatic heterocycles. The summed E-state index contributed by atoms with van der Waals surface area (Å²) in [5.74, 6) is -1.18. The summed E-state index contributed by atoms with van der Waals surface area (Å²) in [6.45, 7) is 2.92. The molecule has 7 heteroatoms. The number of carboxylic acids is 1. The summed E-state index contributed by atoms with van der Waals surface area (Å²) in [5, 5.41) is 9.10. The van der Waals surface area contributed by atoms with E-state index in [1.165, 1.54) is 12.0 Å². The van der Waals surface area contributed by atoms with Crippen LogP contribution in [0.5, 0.6) is 5.75 Å². The second kappa shape index (κ2) is 6.84. The van der Waals surface area contributed by atoms with Gasteiger partial charge in [-0.2, -0.15) is 0 Å². The van der Waals surface area contributed by atoms with Gasteiger partial charge in [-0.15, -0.1) is 0 Å². The van der Waals surface area contributed by atoms with Crippen LogP contribution in [0.15, 0.2) is 18.2 Å². The number of likely N-dealkylation sites (tertiary alicyclic amines) is 1. The third kappa shape index (κ3) is 3.24. The third-order valence-corrected chi connectivity index (χ3v) is 5.02. The Morgan fingerprint density at radius 2 is 1.92 bits per heavy atom. The first-order valence-corrected chi connectivity index (χ1v) is 8.40. The summed E-state index contributed by atoms with van der Waals surface area (Å²) in [4.78, 5) is 39.6. The molecule has 2 aliphatic heterocycles. The Morgan fingerprint density at radius 3 is 2.52 bits per heavy atom. The summed E-state index contributed by atoms with van der Waals surface area (Å²) in [6.07, 6.45) is 1.12. The fraction of sp³-hybridized carbons (Fsp3) is 0.500. The number of piperidine rings is 1. The molecule has 134 valence electrons. The van der Waals surface area contributed by atoms with Gasteiger partial charge in [-0.1, -0.05) is 6.07 Å². The molecule has 0 aliphatic carbocycles. The Kier molecular flexibility index (Phi) is 4.76. The first-order chi connectivity index (χ1) is 11.9. The maximum atomic E-state index is 12.9. The Hall–Kier alpha value is -2.41. The number of hydrogen-bond donors (Lipinski definition) is 1. The quantitative estimate of drug-likeness (QED) is 0.830. The van der Waals surface area contributed by atoms with Crippen molar-refractivity contribution in [1.82, 2.24) is 4.90 Å². The molecule has 0 saturated carbocycles. The monoisotopic (exact) mass is 346 g/mol. The smallest absolute Gasteiger partial charge is 0.306 e. The number of methoxy groups -OCH3 is 1. The van der Waals surface area contributed by atoms with E-state index in [0.29, 0.717) is 37.4 Å². The van der Waals surface area contributed by atoms with Gasteiger partial charge in [0.15, 0.2) is 0 Å². The predicted octanol–water partition coefficient (Wildman–Crippen LogP) is 1.43. The highest BCUT2D eigenvalue weighted by atomic mass is 16.5. The van der Waals surface area contributed by atoms with Gasteiger partial charge in [0.1, 0.15) is 5.75 Å². The highest BCUT2D eigenvalue weighted by Crippen LogP contribution is 2.35. The van der Waals surface area contributed by atoms with E-state index in [9.17, 15) is 14.4 Å². The first-order valence-electron chi connectivity index (χ1n) is 8.40. The second-order valence-corrected chi connectivity index (χ2v) is 6.61. The van der Waals surface area contributed by atoms with Crippen molar-refractivity contribution in [2.45, 2.75) is 32.2 Å². The van der Waals surface area contributed by atoms with Crippen molar-refractivity contribution in [3.63, 3.8) is 0 Å². The topological polar surface area (TPSA) is 87.2 Å². The molecule has 0 unspecified atom stereocenters. The minimum Gasteiger partial charge on any atom is -0.495 e. The van der Waals surface area contributed by atoms with Crippen molar-refractivity contribution >= 4 is 23.5 Å². The zero-order valence-electron chi connectivity index (χ0n) is 14.4. The molecule has 1 aromatic carbocycles. The zero-order valence-corrected chi connectivity index (χ0v) is 14.4. The number of benzene rings is 1. The molecular weight excluding hydrogens is 324 g/mol. The van der Waals surface area contributed by atoms with Gasteiger partial charge in [-0.05, 0) is 50.6 Å². The van der Waals surface area contributed by atoms with E-state index in [4.69, 9.17) is 9.84 Å². The van der Waals surface area contributed by atoms with E-state index < -0.39 is 12.0 Å². The molecule has 1 N–H and O–H groups in total. The summed E-state index contributed by atoms with van der Waals surface area (Å²) in [5.41, 5.74) is 1.41. The lowest BCUT2D eigenvalue weighted by Gasteiger charge is -2.33. The maximum Gasteiger partial charge on any atom is 0.306 e. The predicted molar refractivity (Wildman–Crippen MR) is 90.6 cm³/mol. The molecule has 0 spiro atoms. The number of amides is 2. The molecule has 2 aliphatic rings. The molecule has 1 atom stereocenters. The lowest BCUT2D eigenvalue weighted by atomic mass is 9.96. The van der Waals surface area contributed by atoms with E-state index in [-0.39, 0.29) is 24.2 Å². The van der Waals surface area contributed by atoms with Crippen molar-refractivity contribution in [1.29, 1.82) is 0 Å². The lowest BCUT2D eigenvalue weighted by Crippen LogP contribution is -2.46. The van der Waals surface area contributed by atoms with E-state index in [1.807, 2.05) is 17.9 Å². The van der Waals surface area contributed by atoms with Gasteiger partial charge in [0.05, 0.1) is 31.2 Å². The van der Waals surface area contributed by atoms with Gasteiger partial charge in [-0.25, -0.2) is 4.90 Å². The fourth-order valence-electron chi connectivity index (χ4n) is 3.59. The van der Waals surface area contributed by atoms with Crippen molar-refractivity contribution in [3.05, 3.63) is 23.8 Å². The van der Waals surface area contributed by atoms with Gasteiger partial charge in [-0.3, -0.25) is 19.3 Å². The van der Waals surface area contributed by atoms with Crippen molar-refractivity contribution < 1.29 is 24.2 Å². The number of aryl methyl sites for hydroxylation is 1. The molecule has 2 heterocycles. The molecule has 2 amide bonds. The SMILES string of the molecule is COc1ccc(C)cc1N1C(=O)C[C@@H](N2CCC(C(=O)O)CC2)C1=O. The normalized spacial score (nSPS) is 22.5. The highest BCUT2D eigenvalue weighted by molar-refractivity contribution is 6.23. The largest absolute Gasteiger partial charge is 0.495 e. The number of carbonyl (C=O) groups is 3. The number of imide groups is 1. The van der Waals surface area contributed by atoms with Crippen LogP contribution in [0.1, 0.15) is 24.8 Å². The molecule has 25 heavy (non-hydrogen) atoms. The van der Waals surface area contributed by atoms with Crippen LogP contribution in [0.3, 0.4) is 0 Å². The average molecular weight is 346 g/mol. The summed E-state index contributed by atoms with van der Waals surface area (Å²) >= 11 is 0. The van der Waals surface area contributed by atoms with Crippen LogP contribution in [0.4, 0.5) is 5.69 Å². The van der Waals surface area contributed by atoms with Gasteiger partial charge in [0, 0.05) is 0 Å². The molecule has 0 radical (unpaired) electrons. The number of nitrogens with zero attached hydrogens (tertiary/aromatic N) is 2. The molecule has 2 fully saturated rings. The van der Waals surface area contributed by atoms with E-state index in [0.717, 1.165) is 5.56 Å². The number of carbonyl (C=O) groups excluding carboxylic acids is 2. The molecule has 7 nitrogen and oxygen atoms in total. The number of ether oxygens (including phenoxy) is 1. The van der Waals surface area contributed by atoms with E-state index >= 15 is 0 Å². The average Bonchev–Trinajstić information content (AvgIpc) is 2.89. The summed E-state index contributed by atoms with van der Waals surface area (Å²) < 4.78 is 5.31. The van der Waals surface area contributed by atoms with Crippen LogP contribution in [-0.2, 0) is 14.4 Å². The van der Waals surface area contributed by atoms with Gasteiger partial charge >= 0.3 is 5.97 Å². The minimum absolute atomic E-state index is 0.119. The number of hydrogen-bond acceptors (Lipinski definition) is 5. The van der Waals surface area contributed by atoms with Crippen LogP contribution < -0.4 is 9.64 Å². The van der Waals surface area contributed by atoms with Crippen LogP contribution >= 0.6 is 0 Å². The molecular formula is C18H22N2O5. The Balaban J connectivity index is 1.80. The third-order valence-electron chi connectivity index (χ3n) is 5.02. The number of aliphatic carboxylic acids is 1. The van der Waals surface area contributed by atoms with Crippen LogP contribution in [0.2, 0.25) is 0 Å². The van der Waals surface area contributed by atoms with Gasteiger partial charge in [0.25, 0.3) is 5.91 Å². The van der Waals surface area contributed by atoms with E-state index in [2.05, 4.69) is 0 Å². The molecule has 1 aromatic rings. The van der Waals surface area contributed by atoms with Crippen LogP contribution in [-0.4, -0.2) is 54.0 Å². The molecule has 3 rings (SSSR count). The lowest BCUT2D eigenvalue weighted by molar-refractivity contribution is -0.143. The first kappa shape index (κ1) is 17.4. The molecule has 2 saturated heterocycles. The van der Waals surface area contributed by atoms with Crippen LogP contribution in [0, 0.1) is 12.8 Å². The van der Waals surface area contributed by atoms with Crippen LogP contribution in [0.25, 0.3) is 0 Å². The van der Waals surface area contributed by atoms with Gasteiger partial charge < -0.3 is 9.84 Å². The number of anilines is 1. The Morgan fingerprint density at radius 1 is 1.24 bits per heavy atom. The summed E-state index contributed by atoms with van der Waals surface area (Å²) in [6, 6.07) is 4.86. The van der Waals surface area contributed by atoms with Crippen molar-refractivity contribution in [2.24, 2.45) is 5.92 Å². The second-order valence-electron chi connectivity index (χ2n) is 6.61. The zero-order chi connectivity index (χ0) is 18.1. The number of rotatable bonds is 4. The van der Waals surface area contributed by atoms with Crippen molar-refractivity contribution in [2.75, 3.05) is 25.1 Å². The minimum atomic E-state index is -0.792. The maximum absolute atomic E-state index is 12.9. The molecule has 0 bridgehead atoms. The van der Waals surface area contributed by atoms with Crippen molar-refractivity contribution in [3.8, 4) is 5.75 Å². The number of carboxylic acid groups (broad SMARTS) is 1. The Labute approximate surface area is 146 Å². The summed E-state index contributed by atoms with van der Waals surface area (Å²) in [7, 11) is 1.51. The van der Waals surface area contributed by atoms with Gasteiger partial charge in [0.2, 0.25) is 5.91 Å². The van der Waals surface area contributed by atoms with E-state index in [1.54, 1.807) is 12.1 Å². The highest BCUT2D eigenvalue weighted by Gasteiger charge is 2.44. The Bertz CT molecular complexity index is 709.